The highest BCUT2D eigenvalue weighted by atomic mass is 15.2. The van der Waals surface area contributed by atoms with Gasteiger partial charge in [-0.25, -0.2) is 0 Å². The van der Waals surface area contributed by atoms with Gasteiger partial charge in [-0.05, 0) is 32.6 Å². The van der Waals surface area contributed by atoms with Crippen molar-refractivity contribution in [3.05, 3.63) is 35.5 Å². The topological polar surface area (TPSA) is 31.1 Å². The Morgan fingerprint density at radius 3 is 2.81 bits per heavy atom. The summed E-state index contributed by atoms with van der Waals surface area (Å²) >= 11 is 0. The molecular weight excluding hydrogens is 198 g/mol. The summed E-state index contributed by atoms with van der Waals surface area (Å²) in [5, 5.41) is 4.50. The molecule has 1 aromatic carbocycles. The molecule has 0 radical (unpaired) electrons. The van der Waals surface area contributed by atoms with Gasteiger partial charge < -0.3 is 10.3 Å². The normalized spacial score (nSPS) is 11.5. The van der Waals surface area contributed by atoms with Gasteiger partial charge in [0.1, 0.15) is 0 Å². The number of aromatic amines is 1. The highest BCUT2D eigenvalue weighted by molar-refractivity contribution is 5.84. The summed E-state index contributed by atoms with van der Waals surface area (Å²) in [4.78, 5) is 5.69. The van der Waals surface area contributed by atoms with Crippen molar-refractivity contribution in [2.45, 2.75) is 13.5 Å². The van der Waals surface area contributed by atoms with Crippen LogP contribution in [0.2, 0.25) is 0 Å². The zero-order chi connectivity index (χ0) is 11.5. The summed E-state index contributed by atoms with van der Waals surface area (Å²) in [6.45, 7) is 4.01. The molecule has 0 amide bonds. The van der Waals surface area contributed by atoms with Gasteiger partial charge in [-0.2, -0.15) is 0 Å². The van der Waals surface area contributed by atoms with Gasteiger partial charge in [0.05, 0.1) is 0 Å². The second kappa shape index (κ2) is 4.68. The summed E-state index contributed by atoms with van der Waals surface area (Å²) in [5.74, 6) is 0. The van der Waals surface area contributed by atoms with Gasteiger partial charge in [0.25, 0.3) is 0 Å². The van der Waals surface area contributed by atoms with Gasteiger partial charge in [0.2, 0.25) is 0 Å². The molecule has 0 atom stereocenters. The van der Waals surface area contributed by atoms with Gasteiger partial charge in [0.15, 0.2) is 0 Å². The van der Waals surface area contributed by atoms with E-state index in [1.54, 1.807) is 0 Å². The van der Waals surface area contributed by atoms with E-state index >= 15 is 0 Å². The zero-order valence-corrected chi connectivity index (χ0v) is 10.2. The first-order chi connectivity index (χ1) is 7.72. The number of nitrogens with one attached hydrogen (secondary N) is 2. The minimum atomic E-state index is 0.902. The second-order valence-electron chi connectivity index (χ2n) is 4.30. The fraction of sp³-hybridized carbons (Fsp3) is 0.385. The third kappa shape index (κ3) is 2.10. The lowest BCUT2D eigenvalue weighted by atomic mass is 10.1. The first kappa shape index (κ1) is 11.2. The smallest absolute Gasteiger partial charge is 0.0478 e. The van der Waals surface area contributed by atoms with E-state index in [-0.39, 0.29) is 0 Å². The summed E-state index contributed by atoms with van der Waals surface area (Å²) < 4.78 is 0. The molecule has 86 valence electrons. The number of H-pyrrole nitrogens is 1. The molecule has 0 fully saturated rings. The van der Waals surface area contributed by atoms with Crippen LogP contribution < -0.4 is 5.32 Å². The number of rotatable bonds is 4. The maximum atomic E-state index is 3.43. The Hall–Kier alpha value is -1.32. The van der Waals surface area contributed by atoms with Gasteiger partial charge in [-0.1, -0.05) is 18.2 Å². The Bertz CT molecular complexity index is 473. The summed E-state index contributed by atoms with van der Waals surface area (Å²) in [6.07, 6.45) is 0. The molecule has 0 bridgehead atoms. The van der Waals surface area contributed by atoms with Crippen molar-refractivity contribution in [2.24, 2.45) is 0 Å². The molecule has 1 heterocycles. The van der Waals surface area contributed by atoms with E-state index in [4.69, 9.17) is 0 Å². The highest BCUT2D eigenvalue weighted by Crippen LogP contribution is 2.22. The van der Waals surface area contributed by atoms with Crippen molar-refractivity contribution in [3.63, 3.8) is 0 Å². The van der Waals surface area contributed by atoms with Crippen molar-refractivity contribution in [1.29, 1.82) is 0 Å². The Labute approximate surface area is 96.5 Å². The Morgan fingerprint density at radius 2 is 2.06 bits per heavy atom. The van der Waals surface area contributed by atoms with Crippen molar-refractivity contribution < 1.29 is 0 Å². The van der Waals surface area contributed by atoms with Crippen molar-refractivity contribution in [1.82, 2.24) is 15.2 Å². The molecule has 16 heavy (non-hydrogen) atoms. The standard InChI is InChI=1S/C13H19N3/c1-10-12(8-16(3)9-14-2)11-6-4-5-7-13(11)15-10/h4-7,14-15H,8-9H2,1-3H3. The van der Waals surface area contributed by atoms with Crippen molar-refractivity contribution >= 4 is 10.9 Å². The van der Waals surface area contributed by atoms with E-state index < -0.39 is 0 Å². The van der Waals surface area contributed by atoms with E-state index in [1.165, 1.54) is 22.2 Å². The largest absolute Gasteiger partial charge is 0.358 e. The molecule has 2 aromatic rings. The number of para-hydroxylation sites is 1. The average molecular weight is 217 g/mol. The van der Waals surface area contributed by atoms with Crippen molar-refractivity contribution in [2.75, 3.05) is 20.8 Å². The number of aromatic nitrogens is 1. The number of hydrogen-bond donors (Lipinski definition) is 2. The molecule has 2 rings (SSSR count). The third-order valence-electron chi connectivity index (χ3n) is 2.88. The quantitative estimate of drug-likeness (QED) is 0.768. The first-order valence-corrected chi connectivity index (χ1v) is 5.61. The molecule has 3 nitrogen and oxygen atoms in total. The lowest BCUT2D eigenvalue weighted by molar-refractivity contribution is 0.310. The molecule has 3 heteroatoms. The van der Waals surface area contributed by atoms with Crippen LogP contribution in [0.3, 0.4) is 0 Å². The fourth-order valence-corrected chi connectivity index (χ4v) is 2.13. The second-order valence-corrected chi connectivity index (χ2v) is 4.30. The van der Waals surface area contributed by atoms with Gasteiger partial charge in [-0.15, -0.1) is 0 Å². The van der Waals surface area contributed by atoms with E-state index in [9.17, 15) is 0 Å². The van der Waals surface area contributed by atoms with Crippen LogP contribution in [0.4, 0.5) is 0 Å². The number of fused-ring (bicyclic) bond motifs is 1. The maximum absolute atomic E-state index is 3.43. The molecule has 0 saturated heterocycles. The fourth-order valence-electron chi connectivity index (χ4n) is 2.13. The Balaban J connectivity index is 2.32. The lowest BCUT2D eigenvalue weighted by Crippen LogP contribution is -2.28. The molecule has 0 unspecified atom stereocenters. The van der Waals surface area contributed by atoms with E-state index in [0.29, 0.717) is 0 Å². The lowest BCUT2D eigenvalue weighted by Gasteiger charge is -2.15. The molecule has 0 aliphatic rings. The van der Waals surface area contributed by atoms with E-state index in [1.807, 2.05) is 7.05 Å². The van der Waals surface area contributed by atoms with Crippen LogP contribution in [0.5, 0.6) is 0 Å². The minimum Gasteiger partial charge on any atom is -0.358 e. The molecule has 0 saturated carbocycles. The predicted octanol–water partition coefficient (Wildman–Crippen LogP) is 2.09. The highest BCUT2D eigenvalue weighted by Gasteiger charge is 2.09. The Morgan fingerprint density at radius 1 is 1.31 bits per heavy atom. The van der Waals surface area contributed by atoms with Crippen LogP contribution >= 0.6 is 0 Å². The number of benzene rings is 1. The molecule has 0 spiro atoms. The molecule has 0 aliphatic heterocycles. The monoisotopic (exact) mass is 217 g/mol. The number of nitrogens with zero attached hydrogens (tertiary/aromatic N) is 1. The number of aryl methyl sites for hydroxylation is 1. The summed E-state index contributed by atoms with van der Waals surface area (Å²) in [7, 11) is 4.09. The van der Waals surface area contributed by atoms with Gasteiger partial charge in [0, 0.05) is 29.8 Å². The minimum absolute atomic E-state index is 0.902. The number of hydrogen-bond acceptors (Lipinski definition) is 2. The van der Waals surface area contributed by atoms with E-state index in [0.717, 1.165) is 13.2 Å². The van der Waals surface area contributed by atoms with Crippen LogP contribution in [0.1, 0.15) is 11.3 Å². The first-order valence-electron chi connectivity index (χ1n) is 5.61. The molecule has 0 aliphatic carbocycles. The SMILES string of the molecule is CNCN(C)Cc1c(C)[nH]c2ccccc12. The zero-order valence-electron chi connectivity index (χ0n) is 10.2. The van der Waals surface area contributed by atoms with E-state index in [2.05, 4.69) is 53.4 Å². The van der Waals surface area contributed by atoms with Crippen LogP contribution in [0.25, 0.3) is 10.9 Å². The average Bonchev–Trinajstić information content (AvgIpc) is 2.56. The van der Waals surface area contributed by atoms with Crippen molar-refractivity contribution in [3.8, 4) is 0 Å². The maximum Gasteiger partial charge on any atom is 0.0478 e. The molecule has 1 aromatic heterocycles. The van der Waals surface area contributed by atoms with Crippen LogP contribution in [-0.4, -0.2) is 30.6 Å². The Kier molecular flexibility index (Phi) is 3.27. The summed E-state index contributed by atoms with van der Waals surface area (Å²) in [6, 6.07) is 8.47. The predicted molar refractivity (Wildman–Crippen MR) is 68.4 cm³/mol. The summed E-state index contributed by atoms with van der Waals surface area (Å²) in [5.41, 5.74) is 3.89. The van der Waals surface area contributed by atoms with Crippen LogP contribution in [-0.2, 0) is 6.54 Å². The molecular formula is C13H19N3. The van der Waals surface area contributed by atoms with Gasteiger partial charge in [-0.3, -0.25) is 4.90 Å². The van der Waals surface area contributed by atoms with Gasteiger partial charge >= 0.3 is 0 Å². The van der Waals surface area contributed by atoms with Crippen LogP contribution in [0.15, 0.2) is 24.3 Å². The molecule has 2 N–H and O–H groups in total. The third-order valence-corrected chi connectivity index (χ3v) is 2.88. The van der Waals surface area contributed by atoms with Crippen LogP contribution in [0, 0.1) is 6.92 Å².